The third-order valence-electron chi connectivity index (χ3n) is 7.69. The van der Waals surface area contributed by atoms with Gasteiger partial charge in [0.25, 0.3) is 0 Å². The highest BCUT2D eigenvalue weighted by Gasteiger charge is 2.48. The number of rotatable bonds is 3. The summed E-state index contributed by atoms with van der Waals surface area (Å²) in [6.45, 7) is 3.62. The molecule has 0 amide bonds. The predicted molar refractivity (Wildman–Crippen MR) is 120 cm³/mol. The van der Waals surface area contributed by atoms with Crippen molar-refractivity contribution in [3.63, 3.8) is 0 Å². The summed E-state index contributed by atoms with van der Waals surface area (Å²) in [5.41, 5.74) is 5.56. The summed E-state index contributed by atoms with van der Waals surface area (Å²) in [6, 6.07) is 14.6. The summed E-state index contributed by atoms with van der Waals surface area (Å²) in [7, 11) is 0. The number of phenolic OH excluding ortho intramolecular Hbond substituents is 1. The lowest BCUT2D eigenvalue weighted by molar-refractivity contribution is 0.0783. The van der Waals surface area contributed by atoms with E-state index in [-0.39, 0.29) is 5.41 Å². The number of aromatic hydroxyl groups is 1. The Balaban J connectivity index is 1.46. The minimum atomic E-state index is 0.110. The molecule has 2 N–H and O–H groups in total. The van der Waals surface area contributed by atoms with Crippen LogP contribution < -0.4 is 0 Å². The van der Waals surface area contributed by atoms with E-state index in [9.17, 15) is 5.11 Å². The maximum atomic E-state index is 10.2. The molecule has 2 aromatic carbocycles. The van der Waals surface area contributed by atoms with Crippen molar-refractivity contribution in [2.45, 2.75) is 37.5 Å². The average Bonchev–Trinajstić information content (AvgIpc) is 3.46. The first-order valence-corrected chi connectivity index (χ1v) is 11.7. The monoisotopic (exact) mass is 450 g/mol. The van der Waals surface area contributed by atoms with E-state index in [0.29, 0.717) is 11.7 Å². The summed E-state index contributed by atoms with van der Waals surface area (Å²) < 4.78 is 1.15. The molecule has 2 heterocycles. The van der Waals surface area contributed by atoms with E-state index in [1.54, 1.807) is 6.07 Å². The molecule has 1 unspecified atom stereocenters. The lowest BCUT2D eigenvalue weighted by Crippen LogP contribution is -2.54. The largest absolute Gasteiger partial charge is 0.508 e. The van der Waals surface area contributed by atoms with Crippen molar-refractivity contribution < 1.29 is 5.11 Å². The number of hydrogen-bond donors (Lipinski definition) is 2. The van der Waals surface area contributed by atoms with E-state index in [2.05, 4.69) is 50.1 Å². The number of likely N-dealkylation sites (tertiary alicyclic amines) is 1. The number of aromatic amines is 1. The Morgan fingerprint density at radius 1 is 1.17 bits per heavy atom. The number of benzene rings is 2. The minimum Gasteiger partial charge on any atom is -0.508 e. The molecule has 3 aromatic rings. The normalized spacial score (nSPS) is 27.0. The molecule has 2 fully saturated rings. The number of hydrogen-bond acceptors (Lipinski definition) is 2. The van der Waals surface area contributed by atoms with Gasteiger partial charge in [0.15, 0.2) is 0 Å². The Morgan fingerprint density at radius 3 is 2.86 bits per heavy atom. The summed E-state index contributed by atoms with van der Waals surface area (Å²) >= 11 is 3.74. The number of phenols is 1. The molecule has 1 saturated heterocycles. The molecule has 29 heavy (non-hydrogen) atoms. The molecule has 3 nitrogen and oxygen atoms in total. The maximum Gasteiger partial charge on any atom is 0.115 e. The summed E-state index contributed by atoms with van der Waals surface area (Å²) in [5, 5.41) is 11.6. The van der Waals surface area contributed by atoms with Crippen LogP contribution in [-0.2, 0) is 18.3 Å². The molecule has 4 heteroatoms. The van der Waals surface area contributed by atoms with Crippen LogP contribution in [0.3, 0.4) is 0 Å². The van der Waals surface area contributed by atoms with Gasteiger partial charge in [-0.3, -0.25) is 0 Å². The molecule has 1 aromatic heterocycles. The molecule has 1 saturated carbocycles. The molecule has 0 spiro atoms. The van der Waals surface area contributed by atoms with Gasteiger partial charge in [0, 0.05) is 34.1 Å². The fourth-order valence-corrected chi connectivity index (χ4v) is 6.46. The van der Waals surface area contributed by atoms with Crippen LogP contribution in [0.15, 0.2) is 46.9 Å². The lowest BCUT2D eigenvalue weighted by Gasteiger charge is -2.51. The van der Waals surface area contributed by atoms with Gasteiger partial charge < -0.3 is 15.0 Å². The highest BCUT2D eigenvalue weighted by Crippen LogP contribution is 2.50. The van der Waals surface area contributed by atoms with Crippen LogP contribution in [-0.4, -0.2) is 34.6 Å². The molecular weight excluding hydrogens is 424 g/mol. The van der Waals surface area contributed by atoms with E-state index in [1.807, 2.05) is 12.1 Å². The van der Waals surface area contributed by atoms with Crippen molar-refractivity contribution in [3.8, 4) is 5.75 Å². The quantitative estimate of drug-likeness (QED) is 0.560. The van der Waals surface area contributed by atoms with Crippen molar-refractivity contribution in [1.29, 1.82) is 0 Å². The Bertz CT molecular complexity index is 1090. The van der Waals surface area contributed by atoms with Gasteiger partial charge in [-0.2, -0.15) is 0 Å². The first-order valence-electron chi connectivity index (χ1n) is 10.9. The van der Waals surface area contributed by atoms with E-state index in [1.165, 1.54) is 66.6 Å². The van der Waals surface area contributed by atoms with Crippen LogP contribution in [0.4, 0.5) is 0 Å². The van der Waals surface area contributed by atoms with Crippen LogP contribution in [0.2, 0.25) is 0 Å². The molecule has 0 bridgehead atoms. The van der Waals surface area contributed by atoms with Crippen molar-refractivity contribution >= 4 is 26.8 Å². The van der Waals surface area contributed by atoms with Gasteiger partial charge >= 0.3 is 0 Å². The first kappa shape index (κ1) is 18.0. The smallest absolute Gasteiger partial charge is 0.115 e. The van der Waals surface area contributed by atoms with Crippen molar-refractivity contribution in [2.75, 3.05) is 19.6 Å². The van der Waals surface area contributed by atoms with Gasteiger partial charge in [0.05, 0.1) is 5.52 Å². The number of para-hydroxylation sites is 1. The van der Waals surface area contributed by atoms with Crippen molar-refractivity contribution in [2.24, 2.45) is 11.8 Å². The molecule has 1 aliphatic heterocycles. The fourth-order valence-electron chi connectivity index (χ4n) is 6.00. The van der Waals surface area contributed by atoms with Gasteiger partial charge in [-0.25, -0.2) is 0 Å². The third kappa shape index (κ3) is 2.95. The average molecular weight is 451 g/mol. The van der Waals surface area contributed by atoms with E-state index >= 15 is 0 Å². The highest BCUT2D eigenvalue weighted by molar-refractivity contribution is 9.10. The van der Waals surface area contributed by atoms with Gasteiger partial charge in [-0.15, -0.1) is 0 Å². The Hall–Kier alpha value is -1.78. The number of nitrogens with zero attached hydrogens (tertiary/aromatic N) is 1. The second kappa shape index (κ2) is 6.61. The Morgan fingerprint density at radius 2 is 2.03 bits per heavy atom. The molecule has 3 aliphatic rings. The molecule has 0 radical (unpaired) electrons. The standard InChI is InChI=1S/C25H27BrN2O/c26-22-6-2-5-20-21-12-18-15-28(14-16-7-8-16)10-9-25(18,13-23(21)27-24(20)22)17-3-1-4-19(29)11-17/h1-6,11,16,18,27,29H,7-10,12-15H2/t18?,25-/m1/s1. The van der Waals surface area contributed by atoms with Crippen LogP contribution in [0.25, 0.3) is 10.9 Å². The zero-order valence-corrected chi connectivity index (χ0v) is 18.2. The number of piperidine rings is 1. The second-order valence-corrected chi connectivity index (χ2v) is 10.3. The lowest BCUT2D eigenvalue weighted by atomic mass is 9.58. The van der Waals surface area contributed by atoms with Crippen molar-refractivity contribution in [3.05, 3.63) is 63.8 Å². The molecule has 2 aliphatic carbocycles. The van der Waals surface area contributed by atoms with Crippen LogP contribution >= 0.6 is 15.9 Å². The summed E-state index contributed by atoms with van der Waals surface area (Å²) in [4.78, 5) is 6.48. The van der Waals surface area contributed by atoms with Crippen LogP contribution in [0.1, 0.15) is 36.1 Å². The van der Waals surface area contributed by atoms with Gasteiger partial charge in [-0.05, 0) is 95.7 Å². The molecule has 2 atom stereocenters. The number of nitrogens with one attached hydrogen (secondary N) is 1. The Labute approximate surface area is 180 Å². The van der Waals surface area contributed by atoms with Gasteiger partial charge in [-0.1, -0.05) is 24.3 Å². The van der Waals surface area contributed by atoms with E-state index in [0.717, 1.165) is 23.2 Å². The second-order valence-electron chi connectivity index (χ2n) is 9.48. The van der Waals surface area contributed by atoms with Gasteiger partial charge in [0.2, 0.25) is 0 Å². The number of H-pyrrole nitrogens is 1. The minimum absolute atomic E-state index is 0.110. The number of aromatic nitrogens is 1. The molecule has 6 rings (SSSR count). The number of halogens is 1. The summed E-state index contributed by atoms with van der Waals surface area (Å²) in [5.74, 6) is 1.91. The Kier molecular flexibility index (Phi) is 4.11. The molecular formula is C25H27BrN2O. The van der Waals surface area contributed by atoms with Crippen LogP contribution in [0.5, 0.6) is 5.75 Å². The fraction of sp³-hybridized carbons (Fsp3) is 0.440. The highest BCUT2D eigenvalue weighted by atomic mass is 79.9. The van der Waals surface area contributed by atoms with Gasteiger partial charge in [0.1, 0.15) is 5.75 Å². The number of fused-ring (bicyclic) bond motifs is 4. The van der Waals surface area contributed by atoms with Crippen LogP contribution in [0, 0.1) is 11.8 Å². The summed E-state index contributed by atoms with van der Waals surface area (Å²) in [6.07, 6.45) is 6.15. The SMILES string of the molecule is Oc1cccc([C@]23CCN(CC4CC4)CC2Cc2c([nH]c4c(Br)cccc24)C3)c1. The zero-order chi connectivity index (χ0) is 19.6. The van der Waals surface area contributed by atoms with Crippen molar-refractivity contribution in [1.82, 2.24) is 9.88 Å². The zero-order valence-electron chi connectivity index (χ0n) is 16.6. The maximum absolute atomic E-state index is 10.2. The molecule has 150 valence electrons. The van der Waals surface area contributed by atoms with E-state index in [4.69, 9.17) is 0 Å². The third-order valence-corrected chi connectivity index (χ3v) is 8.35. The first-order chi connectivity index (χ1) is 14.1. The topological polar surface area (TPSA) is 39.3 Å². The predicted octanol–water partition coefficient (Wildman–Crippen LogP) is 5.40. The van der Waals surface area contributed by atoms with E-state index < -0.39 is 0 Å².